The summed E-state index contributed by atoms with van der Waals surface area (Å²) in [6.45, 7) is 25.2. The first-order valence-electron chi connectivity index (χ1n) is 16.6. The maximum atomic E-state index is 10.0. The first-order valence-corrected chi connectivity index (χ1v) is 16.6. The van der Waals surface area contributed by atoms with Crippen LogP contribution in [0.5, 0.6) is 0 Å². The second-order valence-corrected chi connectivity index (χ2v) is 13.5. The molecule has 4 nitrogen and oxygen atoms in total. The van der Waals surface area contributed by atoms with E-state index in [1.807, 2.05) is 0 Å². The summed E-state index contributed by atoms with van der Waals surface area (Å²) in [5.41, 5.74) is 0.753. The fraction of sp³-hybridized carbons (Fsp3) is 0.889. The van der Waals surface area contributed by atoms with E-state index in [2.05, 4.69) is 69.2 Å². The molecule has 0 aromatic heterocycles. The number of aliphatic carboxylic acids is 2. The molecular formula is C36H72O4Zn-2. The van der Waals surface area contributed by atoms with Gasteiger partial charge in [-0.3, -0.25) is 0 Å². The number of rotatable bonds is 20. The van der Waals surface area contributed by atoms with Crippen LogP contribution in [-0.2, 0) is 29.1 Å². The van der Waals surface area contributed by atoms with E-state index in [1.165, 1.54) is 77.0 Å². The van der Waals surface area contributed by atoms with Crippen molar-refractivity contribution in [2.24, 2.45) is 10.8 Å². The minimum Gasteiger partial charge on any atom is -0.550 e. The van der Waals surface area contributed by atoms with Crippen LogP contribution in [0.15, 0.2) is 0 Å². The molecule has 0 amide bonds. The molecule has 0 N–H and O–H groups in total. The maximum absolute atomic E-state index is 10.0. The van der Waals surface area contributed by atoms with Gasteiger partial charge in [0.15, 0.2) is 0 Å². The normalized spacial score (nSPS) is 10.6. The Morgan fingerprint density at radius 3 is 0.976 bits per heavy atom. The molecule has 0 aliphatic heterocycles. The summed E-state index contributed by atoms with van der Waals surface area (Å²) >= 11 is 0. The van der Waals surface area contributed by atoms with E-state index in [0.717, 1.165) is 51.4 Å². The van der Waals surface area contributed by atoms with Crippen molar-refractivity contribution >= 4 is 11.9 Å². The van der Waals surface area contributed by atoms with Gasteiger partial charge >= 0.3 is 19.5 Å². The van der Waals surface area contributed by atoms with Crippen molar-refractivity contribution < 1.29 is 39.3 Å². The number of carbonyl (C=O) groups excluding carboxylic acids is 2. The van der Waals surface area contributed by atoms with Gasteiger partial charge < -0.3 is 33.6 Å². The van der Waals surface area contributed by atoms with E-state index in [4.69, 9.17) is 0 Å². The van der Waals surface area contributed by atoms with Crippen molar-refractivity contribution in [1.29, 1.82) is 0 Å². The fourth-order valence-electron chi connectivity index (χ4n) is 3.76. The molecule has 0 saturated heterocycles. The van der Waals surface area contributed by atoms with Gasteiger partial charge in [0.05, 0.1) is 0 Å². The van der Waals surface area contributed by atoms with Gasteiger partial charge in [-0.1, -0.05) is 145 Å². The van der Waals surface area contributed by atoms with Gasteiger partial charge in [-0.25, -0.2) is 0 Å². The van der Waals surface area contributed by atoms with E-state index in [9.17, 15) is 19.8 Å². The summed E-state index contributed by atoms with van der Waals surface area (Å²) in [6, 6.07) is 0. The van der Waals surface area contributed by atoms with Crippen LogP contribution in [0.25, 0.3) is 0 Å². The molecule has 0 aliphatic rings. The molecule has 244 valence electrons. The van der Waals surface area contributed by atoms with Crippen molar-refractivity contribution in [2.45, 2.75) is 197 Å². The van der Waals surface area contributed by atoms with Crippen LogP contribution in [0.3, 0.4) is 0 Å². The molecule has 0 aromatic rings. The average molecular weight is 634 g/mol. The molecule has 0 spiro atoms. The number of unbranched alkanes of at least 4 members (excludes halogenated alkanes) is 14. The number of hydrogen-bond acceptors (Lipinski definition) is 4. The van der Waals surface area contributed by atoms with Gasteiger partial charge in [0.25, 0.3) is 0 Å². The molecule has 41 heavy (non-hydrogen) atoms. The van der Waals surface area contributed by atoms with Gasteiger partial charge in [-0.2, -0.15) is 12.8 Å². The molecule has 0 fully saturated rings. The minimum absolute atomic E-state index is 0. The number of hydrogen-bond donors (Lipinski definition) is 0. The molecule has 0 aliphatic carbocycles. The summed E-state index contributed by atoms with van der Waals surface area (Å²) in [4.78, 5) is 20.1. The molecule has 0 rings (SSSR count). The largest absolute Gasteiger partial charge is 2.00 e. The van der Waals surface area contributed by atoms with Crippen molar-refractivity contribution in [3.8, 4) is 0 Å². The molecule has 0 radical (unpaired) electrons. The Bertz CT molecular complexity index is 449. The monoisotopic (exact) mass is 632 g/mol. The molecule has 5 heteroatoms. The summed E-state index contributed by atoms with van der Waals surface area (Å²) in [7, 11) is 0. The van der Waals surface area contributed by atoms with Crippen LogP contribution in [-0.4, -0.2) is 11.9 Å². The summed E-state index contributed by atoms with van der Waals surface area (Å²) in [5.74, 6) is -1.85. The number of carboxylic acids is 2. The molecule has 0 aromatic carbocycles. The van der Waals surface area contributed by atoms with Gasteiger partial charge in [0, 0.05) is 11.9 Å². The SMILES string of the molecule is CC(C)(C)CCCCCC(=O)[O-].CC(C)(C)CCCCCC(=O)[O-].[CH2-]CCCCCCC.[CH2-]CCCCCCC.[Zn+2]. The van der Waals surface area contributed by atoms with Gasteiger partial charge in [-0.05, 0) is 49.4 Å². The quantitative estimate of drug-likeness (QED) is 0.0759. The van der Waals surface area contributed by atoms with E-state index in [-0.39, 0.29) is 32.3 Å². The Labute approximate surface area is 271 Å². The van der Waals surface area contributed by atoms with Crippen LogP contribution in [0.4, 0.5) is 0 Å². The van der Waals surface area contributed by atoms with Crippen molar-refractivity contribution in [3.05, 3.63) is 13.8 Å². The van der Waals surface area contributed by atoms with E-state index < -0.39 is 11.9 Å². The third-order valence-electron chi connectivity index (χ3n) is 6.32. The fourth-order valence-corrected chi connectivity index (χ4v) is 3.76. The first-order chi connectivity index (χ1) is 18.7. The standard InChI is InChI=1S/2C10H20O2.2C8H17.Zn/c2*1-10(2,3)8-6-4-5-7-9(11)12;2*1-3-5-7-8-6-4-2;/h2*4-8H2,1-3H3,(H,11,12);2*1,3-8H2,2H3;/q;;2*-1;+2/p-2. The smallest absolute Gasteiger partial charge is 0.550 e. The Hall–Kier alpha value is -0.437. The predicted molar refractivity (Wildman–Crippen MR) is 173 cm³/mol. The maximum Gasteiger partial charge on any atom is 2.00 e. The van der Waals surface area contributed by atoms with Gasteiger partial charge in [0.1, 0.15) is 0 Å². The number of carbonyl (C=O) groups is 2. The first kappa shape index (κ1) is 50.2. The Morgan fingerprint density at radius 1 is 0.488 bits per heavy atom. The third kappa shape index (κ3) is 73.5. The van der Waals surface area contributed by atoms with Crippen LogP contribution >= 0.6 is 0 Å². The molecule has 0 saturated carbocycles. The number of carboxylic acid groups (broad SMARTS) is 2. The third-order valence-corrected chi connectivity index (χ3v) is 6.32. The van der Waals surface area contributed by atoms with Crippen LogP contribution < -0.4 is 10.2 Å². The molecule has 0 bridgehead atoms. The zero-order valence-corrected chi connectivity index (χ0v) is 32.3. The van der Waals surface area contributed by atoms with Crippen LogP contribution in [0.1, 0.15) is 197 Å². The van der Waals surface area contributed by atoms with Crippen molar-refractivity contribution in [2.75, 3.05) is 0 Å². The molecule has 0 unspecified atom stereocenters. The van der Waals surface area contributed by atoms with Gasteiger partial charge in [-0.15, -0.1) is 0 Å². The zero-order valence-electron chi connectivity index (χ0n) is 29.3. The second kappa shape index (κ2) is 37.6. The Balaban J connectivity index is -0.000000142. The Morgan fingerprint density at radius 2 is 0.756 bits per heavy atom. The summed E-state index contributed by atoms with van der Waals surface area (Å²) in [6.07, 6.45) is 24.5. The summed E-state index contributed by atoms with van der Waals surface area (Å²) < 4.78 is 0. The van der Waals surface area contributed by atoms with E-state index in [0.29, 0.717) is 10.8 Å². The van der Waals surface area contributed by atoms with E-state index >= 15 is 0 Å². The second-order valence-electron chi connectivity index (χ2n) is 13.5. The molecular weight excluding hydrogens is 562 g/mol. The average Bonchev–Trinajstić information content (AvgIpc) is 2.84. The topological polar surface area (TPSA) is 80.3 Å². The van der Waals surface area contributed by atoms with E-state index in [1.54, 1.807) is 0 Å². The van der Waals surface area contributed by atoms with Gasteiger partial charge in [0.2, 0.25) is 0 Å². The molecule has 0 heterocycles. The van der Waals surface area contributed by atoms with Crippen LogP contribution in [0, 0.1) is 24.7 Å². The molecule has 0 atom stereocenters. The summed E-state index contributed by atoms with van der Waals surface area (Å²) in [5, 5.41) is 20.1. The van der Waals surface area contributed by atoms with Crippen molar-refractivity contribution in [3.63, 3.8) is 0 Å². The van der Waals surface area contributed by atoms with Crippen LogP contribution in [0.2, 0.25) is 0 Å². The minimum atomic E-state index is -0.925. The zero-order chi connectivity index (χ0) is 31.7. The van der Waals surface area contributed by atoms with Crippen molar-refractivity contribution in [1.82, 2.24) is 0 Å². The predicted octanol–water partition coefficient (Wildman–Crippen LogP) is 9.83. The Kier molecular flexibility index (Phi) is 46.0.